The Hall–Kier alpha value is -2.18. The number of hydrogen-bond acceptors (Lipinski definition) is 4. The second-order valence-electron chi connectivity index (χ2n) is 4.88. The van der Waals surface area contributed by atoms with Crippen LogP contribution in [0.1, 0.15) is 31.3 Å². The van der Waals surface area contributed by atoms with Gasteiger partial charge < -0.3 is 5.32 Å². The third-order valence-electron chi connectivity index (χ3n) is 2.90. The molecule has 7 heteroatoms. The van der Waals surface area contributed by atoms with Crippen molar-refractivity contribution in [2.45, 2.75) is 26.1 Å². The largest absolute Gasteiger partial charge is 0.433 e. The first-order valence-corrected chi connectivity index (χ1v) is 6.45. The minimum atomic E-state index is -4.49. The molecule has 2 heterocycles. The maximum Gasteiger partial charge on any atom is 0.433 e. The van der Waals surface area contributed by atoms with Gasteiger partial charge in [0, 0.05) is 12.4 Å². The molecule has 0 aromatic carbocycles. The molecule has 0 saturated heterocycles. The topological polar surface area (TPSA) is 50.7 Å². The van der Waals surface area contributed by atoms with Gasteiger partial charge in [-0.2, -0.15) is 13.2 Å². The van der Waals surface area contributed by atoms with Gasteiger partial charge >= 0.3 is 6.18 Å². The van der Waals surface area contributed by atoms with Gasteiger partial charge in [-0.3, -0.25) is 4.98 Å². The molecule has 0 aliphatic heterocycles. The van der Waals surface area contributed by atoms with E-state index in [1.807, 2.05) is 26.0 Å². The number of rotatable bonds is 4. The van der Waals surface area contributed by atoms with Crippen LogP contribution < -0.4 is 5.32 Å². The third-order valence-corrected chi connectivity index (χ3v) is 2.90. The first kappa shape index (κ1) is 15.2. The summed E-state index contributed by atoms with van der Waals surface area (Å²) in [6, 6.07) is 5.99. The summed E-state index contributed by atoms with van der Waals surface area (Å²) in [4.78, 5) is 11.6. The molecule has 2 aromatic rings. The van der Waals surface area contributed by atoms with E-state index < -0.39 is 11.9 Å². The van der Waals surface area contributed by atoms with Crippen LogP contribution in [-0.2, 0) is 6.18 Å². The molecule has 21 heavy (non-hydrogen) atoms. The second kappa shape index (κ2) is 6.07. The van der Waals surface area contributed by atoms with Crippen molar-refractivity contribution in [2.75, 3.05) is 5.32 Å². The van der Waals surface area contributed by atoms with E-state index in [2.05, 4.69) is 20.3 Å². The standard InChI is InChI=1S/C14H15F3N4/c1-9(2)12(10-5-3-4-7-18-10)21-13-19-8-6-11(20-13)14(15,16)17/h3-9,12H,1-2H3,(H,19,20,21). The molecule has 0 spiro atoms. The zero-order chi connectivity index (χ0) is 15.5. The van der Waals surface area contributed by atoms with Crippen LogP contribution in [0.3, 0.4) is 0 Å². The molecule has 1 N–H and O–H groups in total. The molecule has 1 unspecified atom stereocenters. The number of alkyl halides is 3. The minimum Gasteiger partial charge on any atom is -0.346 e. The fourth-order valence-electron chi connectivity index (χ4n) is 1.87. The highest BCUT2D eigenvalue weighted by molar-refractivity contribution is 5.31. The summed E-state index contributed by atoms with van der Waals surface area (Å²) < 4.78 is 38.0. The second-order valence-corrected chi connectivity index (χ2v) is 4.88. The van der Waals surface area contributed by atoms with Crippen LogP contribution in [0, 0.1) is 5.92 Å². The molecule has 0 amide bonds. The smallest absolute Gasteiger partial charge is 0.346 e. The summed E-state index contributed by atoms with van der Waals surface area (Å²) in [5.74, 6) is 0.0484. The zero-order valence-corrected chi connectivity index (χ0v) is 11.6. The summed E-state index contributed by atoms with van der Waals surface area (Å²) >= 11 is 0. The first-order chi connectivity index (χ1) is 9.88. The lowest BCUT2D eigenvalue weighted by molar-refractivity contribution is -0.141. The molecule has 0 aliphatic rings. The summed E-state index contributed by atoms with van der Waals surface area (Å²) in [5, 5.41) is 2.92. The Bertz CT molecular complexity index is 584. The van der Waals surface area contributed by atoms with Crippen molar-refractivity contribution in [3.05, 3.63) is 48.0 Å². The normalized spacial score (nSPS) is 13.2. The SMILES string of the molecule is CC(C)C(Nc1nccc(C(F)(F)F)n1)c1ccccn1. The van der Waals surface area contributed by atoms with Crippen molar-refractivity contribution in [1.29, 1.82) is 0 Å². The molecular weight excluding hydrogens is 281 g/mol. The van der Waals surface area contributed by atoms with E-state index >= 15 is 0 Å². The predicted molar refractivity (Wildman–Crippen MR) is 72.5 cm³/mol. The van der Waals surface area contributed by atoms with Crippen LogP contribution in [0.15, 0.2) is 36.7 Å². The van der Waals surface area contributed by atoms with E-state index in [0.29, 0.717) is 0 Å². The van der Waals surface area contributed by atoms with Gasteiger partial charge in [0.25, 0.3) is 0 Å². The fraction of sp³-hybridized carbons (Fsp3) is 0.357. The van der Waals surface area contributed by atoms with E-state index in [0.717, 1.165) is 18.0 Å². The van der Waals surface area contributed by atoms with E-state index in [9.17, 15) is 13.2 Å². The van der Waals surface area contributed by atoms with Crippen LogP contribution in [0.5, 0.6) is 0 Å². The van der Waals surface area contributed by atoms with E-state index in [1.54, 1.807) is 12.3 Å². The van der Waals surface area contributed by atoms with Crippen LogP contribution >= 0.6 is 0 Å². The van der Waals surface area contributed by atoms with Crippen LogP contribution in [-0.4, -0.2) is 15.0 Å². The summed E-state index contributed by atoms with van der Waals surface area (Å²) in [7, 11) is 0. The molecule has 4 nitrogen and oxygen atoms in total. The Kier molecular flexibility index (Phi) is 4.40. The number of aromatic nitrogens is 3. The number of hydrogen-bond donors (Lipinski definition) is 1. The third kappa shape index (κ3) is 3.90. The lowest BCUT2D eigenvalue weighted by atomic mass is 10.0. The highest BCUT2D eigenvalue weighted by Gasteiger charge is 2.33. The average molecular weight is 296 g/mol. The molecule has 2 rings (SSSR count). The quantitative estimate of drug-likeness (QED) is 0.934. The van der Waals surface area contributed by atoms with Gasteiger partial charge in [-0.1, -0.05) is 19.9 Å². The van der Waals surface area contributed by atoms with Gasteiger partial charge in [-0.15, -0.1) is 0 Å². The van der Waals surface area contributed by atoms with Crippen LogP contribution in [0.25, 0.3) is 0 Å². The summed E-state index contributed by atoms with van der Waals surface area (Å²) in [6.07, 6.45) is -1.76. The van der Waals surface area contributed by atoms with E-state index in [4.69, 9.17) is 0 Å². The van der Waals surface area contributed by atoms with Crippen molar-refractivity contribution in [3.8, 4) is 0 Å². The highest BCUT2D eigenvalue weighted by Crippen LogP contribution is 2.29. The van der Waals surface area contributed by atoms with Gasteiger partial charge in [-0.05, 0) is 24.1 Å². The Balaban J connectivity index is 2.26. The molecule has 0 saturated carbocycles. The van der Waals surface area contributed by atoms with Gasteiger partial charge in [0.15, 0.2) is 0 Å². The molecule has 1 atom stereocenters. The lowest BCUT2D eigenvalue weighted by Gasteiger charge is -2.22. The van der Waals surface area contributed by atoms with Gasteiger partial charge in [-0.25, -0.2) is 9.97 Å². The van der Waals surface area contributed by atoms with Gasteiger partial charge in [0.05, 0.1) is 11.7 Å². The Morgan fingerprint density at radius 3 is 2.38 bits per heavy atom. The zero-order valence-electron chi connectivity index (χ0n) is 11.6. The number of halogens is 3. The van der Waals surface area contributed by atoms with Gasteiger partial charge in [0.2, 0.25) is 5.95 Å². The van der Waals surface area contributed by atoms with Crippen molar-refractivity contribution in [2.24, 2.45) is 5.92 Å². The number of anilines is 1. The number of nitrogens with zero attached hydrogens (tertiary/aromatic N) is 3. The molecule has 0 bridgehead atoms. The van der Waals surface area contributed by atoms with Gasteiger partial charge in [0.1, 0.15) is 5.69 Å². The Morgan fingerprint density at radius 1 is 1.05 bits per heavy atom. The maximum absolute atomic E-state index is 12.7. The predicted octanol–water partition coefficient (Wildman–Crippen LogP) is 3.70. The van der Waals surface area contributed by atoms with E-state index in [1.165, 1.54) is 0 Å². The molecule has 112 valence electrons. The Labute approximate surface area is 120 Å². The summed E-state index contributed by atoms with van der Waals surface area (Å²) in [5.41, 5.74) is -0.239. The molecule has 0 fully saturated rings. The fourth-order valence-corrected chi connectivity index (χ4v) is 1.87. The number of pyridine rings is 1. The first-order valence-electron chi connectivity index (χ1n) is 6.45. The van der Waals surface area contributed by atoms with Crippen molar-refractivity contribution >= 4 is 5.95 Å². The molecule has 0 aliphatic carbocycles. The lowest BCUT2D eigenvalue weighted by Crippen LogP contribution is -2.20. The monoisotopic (exact) mass is 296 g/mol. The van der Waals surface area contributed by atoms with Crippen LogP contribution in [0.2, 0.25) is 0 Å². The average Bonchev–Trinajstić information content (AvgIpc) is 2.45. The van der Waals surface area contributed by atoms with Crippen LogP contribution in [0.4, 0.5) is 19.1 Å². The molecular formula is C14H15F3N4. The molecule has 0 radical (unpaired) electrons. The number of nitrogens with one attached hydrogen (secondary N) is 1. The highest BCUT2D eigenvalue weighted by atomic mass is 19.4. The van der Waals surface area contributed by atoms with Crippen molar-refractivity contribution < 1.29 is 13.2 Å². The van der Waals surface area contributed by atoms with E-state index in [-0.39, 0.29) is 17.9 Å². The Morgan fingerprint density at radius 2 is 1.81 bits per heavy atom. The maximum atomic E-state index is 12.7. The summed E-state index contributed by atoms with van der Waals surface area (Å²) in [6.45, 7) is 3.89. The minimum absolute atomic E-state index is 0.0609. The van der Waals surface area contributed by atoms with Crippen molar-refractivity contribution in [3.63, 3.8) is 0 Å². The molecule has 2 aromatic heterocycles. The van der Waals surface area contributed by atoms with Crippen molar-refractivity contribution in [1.82, 2.24) is 15.0 Å².